The van der Waals surface area contributed by atoms with Crippen molar-refractivity contribution in [2.45, 2.75) is 21.3 Å². The number of nitro groups is 2. The molecule has 6 aromatic rings. The molecule has 6 rings (SSSR count). The molecular weight excluding hydrogens is 567 g/mol. The first kappa shape index (κ1) is 32.5. The Morgan fingerprint density at radius 3 is 1.75 bits per heavy atom. The van der Waals surface area contributed by atoms with E-state index >= 15 is 0 Å². The Bertz CT molecular complexity index is 1930. The number of benzene rings is 4. The summed E-state index contributed by atoms with van der Waals surface area (Å²) in [5, 5.41) is 32.1. The smallest absolute Gasteiger partial charge is 0.272 e. The number of ether oxygens (including phenoxy) is 1. The normalized spacial score (nSPS) is 9.98. The lowest BCUT2D eigenvalue weighted by Gasteiger charge is -2.07. The van der Waals surface area contributed by atoms with Gasteiger partial charge in [0.25, 0.3) is 11.4 Å². The third-order valence-corrected chi connectivity index (χ3v) is 6.12. The fourth-order valence-electron chi connectivity index (χ4n) is 4.04. The number of nitrogens with zero attached hydrogens (tertiary/aromatic N) is 4. The lowest BCUT2D eigenvalue weighted by Crippen LogP contribution is -1.92. The van der Waals surface area contributed by atoms with E-state index < -0.39 is 15.7 Å². The summed E-state index contributed by atoms with van der Waals surface area (Å²) in [6.07, 6.45) is 3.47. The molecule has 0 aliphatic carbocycles. The molecule has 2 heterocycles. The van der Waals surface area contributed by atoms with Gasteiger partial charge in [-0.3, -0.25) is 30.2 Å². The molecule has 224 valence electrons. The lowest BCUT2D eigenvalue weighted by atomic mass is 10.2. The lowest BCUT2D eigenvalue weighted by molar-refractivity contribution is -0.385. The van der Waals surface area contributed by atoms with Gasteiger partial charge in [0, 0.05) is 46.4 Å². The van der Waals surface area contributed by atoms with Crippen molar-refractivity contribution in [1.82, 2.24) is 9.97 Å². The summed E-state index contributed by atoms with van der Waals surface area (Å²) in [5.41, 5.74) is 2.75. The minimum absolute atomic E-state index is 0. The quantitative estimate of drug-likeness (QED) is 0.157. The molecule has 4 aromatic carbocycles. The number of halogens is 1. The van der Waals surface area contributed by atoms with Crippen LogP contribution in [0.2, 0.25) is 0 Å². The molecule has 10 nitrogen and oxygen atoms in total. The van der Waals surface area contributed by atoms with E-state index in [2.05, 4.69) is 9.97 Å². The molecule has 0 radical (unpaired) electrons. The topological polar surface area (TPSA) is 142 Å². The standard InChI is InChI=1S/C16H12N2O3.C9H7NO.C7H6FNO2.CH4/c1-11-9-13(5-7-16(11)18(19)20)21-14-4-6-15-12(10-14)3-2-8-17-15;11-8-3-4-9-7(6-8)2-1-5-10-9;1-5-4-6(8)2-3-7(5)9(10)11;/h2-10H,1H3;1-6,11H;2-4H,1H3;1H4. The highest BCUT2D eigenvalue weighted by Gasteiger charge is 2.11. The van der Waals surface area contributed by atoms with Crippen molar-refractivity contribution < 1.29 is 24.1 Å². The average Bonchev–Trinajstić information content (AvgIpc) is 2.97. The number of nitro benzene ring substituents is 2. The molecule has 0 spiro atoms. The van der Waals surface area contributed by atoms with E-state index in [1.165, 1.54) is 13.0 Å². The van der Waals surface area contributed by atoms with E-state index in [-0.39, 0.29) is 24.6 Å². The van der Waals surface area contributed by atoms with Crippen molar-refractivity contribution in [2.24, 2.45) is 0 Å². The highest BCUT2D eigenvalue weighted by atomic mass is 19.1. The van der Waals surface area contributed by atoms with Gasteiger partial charge in [-0.25, -0.2) is 4.39 Å². The van der Waals surface area contributed by atoms with Crippen LogP contribution >= 0.6 is 0 Å². The van der Waals surface area contributed by atoms with Gasteiger partial charge in [-0.1, -0.05) is 19.6 Å². The van der Waals surface area contributed by atoms with E-state index in [0.29, 0.717) is 22.6 Å². The molecular formula is C33H29FN4O6. The molecule has 0 aliphatic heterocycles. The number of aryl methyl sites for hydroxylation is 2. The molecule has 0 bridgehead atoms. The number of phenols is 1. The van der Waals surface area contributed by atoms with E-state index in [1.807, 2.05) is 42.5 Å². The molecule has 0 atom stereocenters. The van der Waals surface area contributed by atoms with Crippen LogP contribution in [0.4, 0.5) is 15.8 Å². The predicted octanol–water partition coefficient (Wildman–Crippen LogP) is 8.86. The molecule has 0 unspecified atom stereocenters. The molecule has 1 N–H and O–H groups in total. The van der Waals surface area contributed by atoms with E-state index in [1.54, 1.807) is 49.6 Å². The van der Waals surface area contributed by atoms with Gasteiger partial charge in [0.15, 0.2) is 0 Å². The Morgan fingerprint density at radius 1 is 0.682 bits per heavy atom. The van der Waals surface area contributed by atoms with E-state index in [4.69, 9.17) is 9.84 Å². The molecule has 0 fully saturated rings. The molecule has 2 aromatic heterocycles. The van der Waals surface area contributed by atoms with Gasteiger partial charge in [-0.15, -0.1) is 0 Å². The summed E-state index contributed by atoms with van der Waals surface area (Å²) >= 11 is 0. The zero-order valence-electron chi connectivity index (χ0n) is 23.0. The third-order valence-electron chi connectivity index (χ3n) is 6.12. The van der Waals surface area contributed by atoms with Crippen molar-refractivity contribution in [2.75, 3.05) is 0 Å². The summed E-state index contributed by atoms with van der Waals surface area (Å²) in [4.78, 5) is 28.4. The largest absolute Gasteiger partial charge is 0.508 e. The number of phenolic OH excluding ortho intramolecular Hbond substituents is 1. The summed E-state index contributed by atoms with van der Waals surface area (Å²) < 4.78 is 18.1. The number of fused-ring (bicyclic) bond motifs is 2. The van der Waals surface area contributed by atoms with Crippen LogP contribution in [-0.2, 0) is 0 Å². The van der Waals surface area contributed by atoms with Gasteiger partial charge in [0.2, 0.25) is 0 Å². The first-order chi connectivity index (χ1) is 20.6. The second-order valence-corrected chi connectivity index (χ2v) is 9.23. The zero-order valence-corrected chi connectivity index (χ0v) is 23.0. The van der Waals surface area contributed by atoms with Gasteiger partial charge in [-0.2, -0.15) is 0 Å². The minimum Gasteiger partial charge on any atom is -0.508 e. The number of hydrogen-bond acceptors (Lipinski definition) is 8. The van der Waals surface area contributed by atoms with Crippen LogP contribution in [-0.4, -0.2) is 24.9 Å². The van der Waals surface area contributed by atoms with Gasteiger partial charge in [0.1, 0.15) is 23.1 Å². The van der Waals surface area contributed by atoms with Crippen LogP contribution in [0.5, 0.6) is 17.2 Å². The second-order valence-electron chi connectivity index (χ2n) is 9.23. The molecule has 0 saturated carbocycles. The molecule has 0 saturated heterocycles. The molecule has 11 heteroatoms. The Balaban J connectivity index is 0.000000195. The summed E-state index contributed by atoms with van der Waals surface area (Å²) in [6.45, 7) is 3.19. The van der Waals surface area contributed by atoms with Gasteiger partial charge < -0.3 is 9.84 Å². The maximum Gasteiger partial charge on any atom is 0.272 e. The molecule has 0 aliphatic rings. The number of aromatic hydroxyl groups is 1. The molecule has 44 heavy (non-hydrogen) atoms. The van der Waals surface area contributed by atoms with Gasteiger partial charge in [-0.05, 0) is 86.6 Å². The Labute approximate surface area is 252 Å². The van der Waals surface area contributed by atoms with Crippen LogP contribution in [0.15, 0.2) is 109 Å². The predicted molar refractivity (Wildman–Crippen MR) is 168 cm³/mol. The maximum atomic E-state index is 12.4. The maximum absolute atomic E-state index is 12.4. The van der Waals surface area contributed by atoms with E-state index in [9.17, 15) is 24.6 Å². The van der Waals surface area contributed by atoms with E-state index in [0.717, 1.165) is 40.0 Å². The number of rotatable bonds is 4. The minimum atomic E-state index is -0.533. The molecule has 0 amide bonds. The summed E-state index contributed by atoms with van der Waals surface area (Å²) in [5.74, 6) is 1.07. The van der Waals surface area contributed by atoms with Gasteiger partial charge >= 0.3 is 0 Å². The summed E-state index contributed by atoms with van der Waals surface area (Å²) in [6, 6.07) is 26.4. The number of aromatic nitrogens is 2. The highest BCUT2D eigenvalue weighted by molar-refractivity contribution is 5.80. The number of hydrogen-bond donors (Lipinski definition) is 1. The second kappa shape index (κ2) is 14.8. The van der Waals surface area contributed by atoms with Crippen LogP contribution < -0.4 is 4.74 Å². The monoisotopic (exact) mass is 596 g/mol. The van der Waals surface area contributed by atoms with Crippen LogP contribution in [0, 0.1) is 39.9 Å². The zero-order chi connectivity index (χ0) is 30.9. The fraction of sp³-hybridized carbons (Fsp3) is 0.0909. The Hall–Kier alpha value is -5.97. The van der Waals surface area contributed by atoms with Crippen LogP contribution in [0.3, 0.4) is 0 Å². The van der Waals surface area contributed by atoms with Crippen molar-refractivity contribution in [3.05, 3.63) is 147 Å². The fourth-order valence-corrected chi connectivity index (χ4v) is 4.04. The van der Waals surface area contributed by atoms with Crippen LogP contribution in [0.1, 0.15) is 18.6 Å². The SMILES string of the molecule is C.Cc1cc(F)ccc1[N+](=O)[O-].Cc1cc(Oc2ccc3ncccc3c2)ccc1[N+](=O)[O-].Oc1ccc2ncccc2c1. The average molecular weight is 597 g/mol. The number of pyridine rings is 2. The third kappa shape index (κ3) is 8.52. The Morgan fingerprint density at radius 2 is 1.18 bits per heavy atom. The van der Waals surface area contributed by atoms with Crippen LogP contribution in [0.25, 0.3) is 21.8 Å². The highest BCUT2D eigenvalue weighted by Crippen LogP contribution is 2.28. The van der Waals surface area contributed by atoms with Crippen molar-refractivity contribution in [3.63, 3.8) is 0 Å². The first-order valence-corrected chi connectivity index (χ1v) is 12.8. The Kier molecular flexibility index (Phi) is 10.9. The summed E-state index contributed by atoms with van der Waals surface area (Å²) in [7, 11) is 0. The van der Waals surface area contributed by atoms with Crippen molar-refractivity contribution in [1.29, 1.82) is 0 Å². The van der Waals surface area contributed by atoms with Crippen molar-refractivity contribution >= 4 is 33.2 Å². The van der Waals surface area contributed by atoms with Crippen molar-refractivity contribution in [3.8, 4) is 17.2 Å². The van der Waals surface area contributed by atoms with Gasteiger partial charge in [0.05, 0.1) is 20.9 Å². The first-order valence-electron chi connectivity index (χ1n) is 12.8.